The number of hydrogen-bond acceptors (Lipinski definition) is 4. The van der Waals surface area contributed by atoms with E-state index in [4.69, 9.17) is 4.74 Å². The van der Waals surface area contributed by atoms with Gasteiger partial charge >= 0.3 is 6.18 Å². The first kappa shape index (κ1) is 26.2. The molecule has 0 aliphatic carbocycles. The Morgan fingerprint density at radius 3 is 2.29 bits per heavy atom. The summed E-state index contributed by atoms with van der Waals surface area (Å²) in [4.78, 5) is 13.0. The summed E-state index contributed by atoms with van der Waals surface area (Å²) in [6, 6.07) is 16.0. The second-order valence-electron chi connectivity index (χ2n) is 7.76. The number of aryl methyl sites for hydroxylation is 1. The largest absolute Gasteiger partial charge is 0.494 e. The lowest BCUT2D eigenvalue weighted by Gasteiger charge is -2.21. The maximum atomic E-state index is 13.4. The number of amides is 1. The van der Waals surface area contributed by atoms with E-state index in [0.29, 0.717) is 23.5 Å². The van der Waals surface area contributed by atoms with Crippen LogP contribution in [0, 0.1) is 6.92 Å². The van der Waals surface area contributed by atoms with Crippen molar-refractivity contribution in [1.29, 1.82) is 0 Å². The summed E-state index contributed by atoms with van der Waals surface area (Å²) >= 11 is 0. The number of benzene rings is 3. The van der Waals surface area contributed by atoms with Crippen molar-refractivity contribution in [1.82, 2.24) is 4.72 Å². The van der Waals surface area contributed by atoms with Gasteiger partial charge in [0.15, 0.2) is 0 Å². The van der Waals surface area contributed by atoms with Gasteiger partial charge < -0.3 is 10.1 Å². The van der Waals surface area contributed by atoms with Crippen LogP contribution in [-0.4, -0.2) is 27.0 Å². The van der Waals surface area contributed by atoms with E-state index in [-0.39, 0.29) is 11.3 Å². The summed E-state index contributed by atoms with van der Waals surface area (Å²) in [5.41, 5.74) is -0.281. The minimum absolute atomic E-state index is 0.0733. The van der Waals surface area contributed by atoms with Crippen LogP contribution in [0.25, 0.3) is 0 Å². The molecule has 0 spiro atoms. The fourth-order valence-electron chi connectivity index (χ4n) is 3.46. The molecule has 0 saturated heterocycles. The quantitative estimate of drug-likeness (QED) is 0.431. The average molecular weight is 507 g/mol. The monoisotopic (exact) mass is 506 g/mol. The molecule has 2 N–H and O–H groups in total. The molecule has 186 valence electrons. The van der Waals surface area contributed by atoms with Crippen LogP contribution in [0.5, 0.6) is 5.75 Å². The second-order valence-corrected chi connectivity index (χ2v) is 9.47. The highest BCUT2D eigenvalue weighted by Crippen LogP contribution is 2.34. The molecule has 0 aliphatic rings. The molecule has 1 amide bonds. The van der Waals surface area contributed by atoms with E-state index < -0.39 is 39.4 Å². The van der Waals surface area contributed by atoms with Crippen molar-refractivity contribution >= 4 is 21.6 Å². The van der Waals surface area contributed by atoms with Crippen molar-refractivity contribution in [3.63, 3.8) is 0 Å². The Hall–Kier alpha value is -3.37. The first-order valence-electron chi connectivity index (χ1n) is 10.8. The molecule has 35 heavy (non-hydrogen) atoms. The van der Waals surface area contributed by atoms with Gasteiger partial charge in [-0.05, 0) is 61.7 Å². The van der Waals surface area contributed by atoms with Gasteiger partial charge in [0.2, 0.25) is 15.9 Å². The standard InChI is InChI=1S/C25H25F3N2O4S/c1-3-34-23-14-13-19(15-17(23)2)35(32,33)30-22(16-18-9-5-4-6-10-18)24(31)29-21-12-8-7-11-20(21)25(26,27)28/h4-15,22,30H,3,16H2,1-2H3,(H,29,31)/t22-/m1/s1. The van der Waals surface area contributed by atoms with E-state index in [0.717, 1.165) is 12.1 Å². The van der Waals surface area contributed by atoms with Crippen LogP contribution >= 0.6 is 0 Å². The lowest BCUT2D eigenvalue weighted by Crippen LogP contribution is -2.45. The molecule has 0 aliphatic heterocycles. The minimum Gasteiger partial charge on any atom is -0.494 e. The zero-order valence-electron chi connectivity index (χ0n) is 19.1. The molecule has 3 aromatic rings. The molecule has 0 aromatic heterocycles. The summed E-state index contributed by atoms with van der Waals surface area (Å²) in [5, 5.41) is 2.24. The molecule has 0 bridgehead atoms. The van der Waals surface area contributed by atoms with Crippen molar-refractivity contribution in [3.8, 4) is 5.75 Å². The Morgan fingerprint density at radius 1 is 1.00 bits per heavy atom. The minimum atomic E-state index is -4.70. The van der Waals surface area contributed by atoms with Gasteiger partial charge in [-0.15, -0.1) is 0 Å². The zero-order valence-corrected chi connectivity index (χ0v) is 19.9. The molecule has 3 rings (SSSR count). The Labute approximate surface area is 202 Å². The van der Waals surface area contributed by atoms with Crippen molar-refractivity contribution < 1.29 is 31.1 Å². The Bertz CT molecular complexity index is 1280. The Balaban J connectivity index is 1.92. The molecule has 1 atom stereocenters. The molecule has 6 nitrogen and oxygen atoms in total. The number of rotatable bonds is 9. The predicted molar refractivity (Wildman–Crippen MR) is 127 cm³/mol. The highest BCUT2D eigenvalue weighted by Gasteiger charge is 2.34. The number of nitrogens with one attached hydrogen (secondary N) is 2. The number of carbonyl (C=O) groups excluding carboxylic acids is 1. The van der Waals surface area contributed by atoms with Gasteiger partial charge in [0, 0.05) is 0 Å². The van der Waals surface area contributed by atoms with E-state index >= 15 is 0 Å². The number of ether oxygens (including phenoxy) is 1. The van der Waals surface area contributed by atoms with Gasteiger partial charge in [-0.1, -0.05) is 42.5 Å². The molecule has 0 heterocycles. The number of halogens is 3. The van der Waals surface area contributed by atoms with Gasteiger partial charge in [-0.25, -0.2) is 8.42 Å². The van der Waals surface area contributed by atoms with E-state index in [1.807, 2.05) is 0 Å². The van der Waals surface area contributed by atoms with Gasteiger partial charge in [0.05, 0.1) is 22.8 Å². The molecule has 10 heteroatoms. The van der Waals surface area contributed by atoms with Crippen molar-refractivity contribution in [2.45, 2.75) is 37.4 Å². The molecular formula is C25H25F3N2O4S. The lowest BCUT2D eigenvalue weighted by molar-refractivity contribution is -0.137. The number of sulfonamides is 1. The van der Waals surface area contributed by atoms with Crippen LogP contribution < -0.4 is 14.8 Å². The molecule has 0 fully saturated rings. The molecule has 0 unspecified atom stereocenters. The molecule has 0 saturated carbocycles. The number of carbonyl (C=O) groups is 1. The average Bonchev–Trinajstić information content (AvgIpc) is 2.80. The molecule has 0 radical (unpaired) electrons. The summed E-state index contributed by atoms with van der Waals surface area (Å²) in [6.07, 6.45) is -4.77. The Kier molecular flexibility index (Phi) is 8.18. The van der Waals surface area contributed by atoms with Crippen LogP contribution in [0.1, 0.15) is 23.6 Å². The van der Waals surface area contributed by atoms with Crippen molar-refractivity contribution in [3.05, 3.63) is 89.5 Å². The van der Waals surface area contributed by atoms with E-state index in [1.54, 1.807) is 44.2 Å². The number of alkyl halides is 3. The second kappa shape index (κ2) is 10.9. The molecular weight excluding hydrogens is 481 g/mol. The summed E-state index contributed by atoms with van der Waals surface area (Å²) in [7, 11) is -4.20. The number of anilines is 1. The van der Waals surface area contributed by atoms with E-state index in [2.05, 4.69) is 10.0 Å². The zero-order chi connectivity index (χ0) is 25.6. The third-order valence-corrected chi connectivity index (χ3v) is 6.61. The van der Waals surface area contributed by atoms with E-state index in [9.17, 15) is 26.4 Å². The summed E-state index contributed by atoms with van der Waals surface area (Å²) < 4.78 is 74.2. The predicted octanol–water partition coefficient (Wildman–Crippen LogP) is 4.94. The van der Waals surface area contributed by atoms with Gasteiger partial charge in [0.1, 0.15) is 11.8 Å². The third-order valence-electron chi connectivity index (χ3n) is 5.14. The smallest absolute Gasteiger partial charge is 0.418 e. The first-order valence-corrected chi connectivity index (χ1v) is 12.3. The topological polar surface area (TPSA) is 84.5 Å². The maximum absolute atomic E-state index is 13.4. The summed E-state index contributed by atoms with van der Waals surface area (Å²) in [6.45, 7) is 3.89. The van der Waals surface area contributed by atoms with Crippen LogP contribution in [0.2, 0.25) is 0 Å². The maximum Gasteiger partial charge on any atom is 0.418 e. The third kappa shape index (κ3) is 6.83. The van der Waals surface area contributed by atoms with Gasteiger partial charge in [-0.2, -0.15) is 17.9 Å². The van der Waals surface area contributed by atoms with Crippen LogP contribution in [0.3, 0.4) is 0 Å². The Morgan fingerprint density at radius 2 is 1.66 bits per heavy atom. The lowest BCUT2D eigenvalue weighted by atomic mass is 10.1. The van der Waals surface area contributed by atoms with Gasteiger partial charge in [0.25, 0.3) is 0 Å². The highest BCUT2D eigenvalue weighted by molar-refractivity contribution is 7.89. The fourth-order valence-corrected chi connectivity index (χ4v) is 4.74. The first-order chi connectivity index (χ1) is 16.5. The highest BCUT2D eigenvalue weighted by atomic mass is 32.2. The van der Waals surface area contributed by atoms with Crippen molar-refractivity contribution in [2.75, 3.05) is 11.9 Å². The van der Waals surface area contributed by atoms with Crippen LogP contribution in [-0.2, 0) is 27.4 Å². The fraction of sp³-hybridized carbons (Fsp3) is 0.240. The van der Waals surface area contributed by atoms with E-state index in [1.165, 1.54) is 30.3 Å². The number of para-hydroxylation sites is 1. The summed E-state index contributed by atoms with van der Waals surface area (Å²) in [5.74, 6) is -0.398. The van der Waals surface area contributed by atoms with Crippen molar-refractivity contribution in [2.24, 2.45) is 0 Å². The molecule has 3 aromatic carbocycles. The van der Waals surface area contributed by atoms with Crippen LogP contribution in [0.15, 0.2) is 77.7 Å². The van der Waals surface area contributed by atoms with Crippen LogP contribution in [0.4, 0.5) is 18.9 Å². The normalized spacial score (nSPS) is 12.7. The van der Waals surface area contributed by atoms with Gasteiger partial charge in [-0.3, -0.25) is 4.79 Å². The SMILES string of the molecule is CCOc1ccc(S(=O)(=O)N[C@H](Cc2ccccc2)C(=O)Nc2ccccc2C(F)(F)F)cc1C. The number of hydrogen-bond donors (Lipinski definition) is 2.